The van der Waals surface area contributed by atoms with E-state index in [0.29, 0.717) is 6.04 Å². The van der Waals surface area contributed by atoms with Gasteiger partial charge in [-0.15, -0.1) is 0 Å². The Hall–Kier alpha value is -1.55. The molecule has 4 nitrogen and oxygen atoms in total. The van der Waals surface area contributed by atoms with E-state index in [0.717, 1.165) is 24.0 Å². The SMILES string of the molecule is CN(C)C1Cc2cccc3c2n(c(=O)n3C)C1. The van der Waals surface area contributed by atoms with Crippen LogP contribution >= 0.6 is 0 Å². The second-order valence-electron chi connectivity index (χ2n) is 5.06. The van der Waals surface area contributed by atoms with Gasteiger partial charge in [0.2, 0.25) is 0 Å². The summed E-state index contributed by atoms with van der Waals surface area (Å²) in [6.07, 6.45) is 1.02. The molecule has 0 spiro atoms. The number of rotatable bonds is 1. The molecular formula is C13H17N3O. The molecule has 0 amide bonds. The first kappa shape index (κ1) is 10.6. The Labute approximate surface area is 100 Å². The molecule has 1 aliphatic rings. The lowest BCUT2D eigenvalue weighted by atomic mass is 10.00. The molecule has 0 N–H and O–H groups in total. The largest absolute Gasteiger partial charge is 0.328 e. The summed E-state index contributed by atoms with van der Waals surface area (Å²) in [5, 5.41) is 0. The van der Waals surface area contributed by atoms with Crippen LogP contribution in [0, 0.1) is 0 Å². The summed E-state index contributed by atoms with van der Waals surface area (Å²) >= 11 is 0. The van der Waals surface area contributed by atoms with Gasteiger partial charge in [-0.25, -0.2) is 4.79 Å². The zero-order chi connectivity index (χ0) is 12.2. The van der Waals surface area contributed by atoms with Crippen molar-refractivity contribution in [1.29, 1.82) is 0 Å². The molecule has 2 heterocycles. The number of imidazole rings is 1. The van der Waals surface area contributed by atoms with Crippen molar-refractivity contribution in [3.05, 3.63) is 34.2 Å². The van der Waals surface area contributed by atoms with Crippen LogP contribution in [0.2, 0.25) is 0 Å². The van der Waals surface area contributed by atoms with Crippen molar-refractivity contribution < 1.29 is 0 Å². The predicted octanol–water partition coefficient (Wildman–Crippen LogP) is 0.826. The molecule has 1 aromatic heterocycles. The zero-order valence-electron chi connectivity index (χ0n) is 10.5. The lowest BCUT2D eigenvalue weighted by Crippen LogP contribution is -2.39. The highest BCUT2D eigenvalue weighted by atomic mass is 16.1. The van der Waals surface area contributed by atoms with Crippen LogP contribution in [0.5, 0.6) is 0 Å². The normalized spacial score (nSPS) is 19.2. The zero-order valence-corrected chi connectivity index (χ0v) is 10.5. The van der Waals surface area contributed by atoms with Gasteiger partial charge in [-0.1, -0.05) is 12.1 Å². The molecule has 1 unspecified atom stereocenters. The second kappa shape index (κ2) is 3.47. The summed E-state index contributed by atoms with van der Waals surface area (Å²) in [5.74, 6) is 0. The first-order valence-electron chi connectivity index (χ1n) is 5.93. The lowest BCUT2D eigenvalue weighted by molar-refractivity contribution is 0.256. The van der Waals surface area contributed by atoms with Crippen LogP contribution in [0.3, 0.4) is 0 Å². The number of likely N-dealkylation sites (N-methyl/N-ethyl adjacent to an activating group) is 1. The summed E-state index contributed by atoms with van der Waals surface area (Å²) in [5.41, 5.74) is 3.55. The third-order valence-corrected chi connectivity index (χ3v) is 3.83. The average Bonchev–Trinajstić information content (AvgIpc) is 2.57. The Morgan fingerprint density at radius 1 is 1.35 bits per heavy atom. The van der Waals surface area contributed by atoms with Crippen LogP contribution in [0.15, 0.2) is 23.0 Å². The highest BCUT2D eigenvalue weighted by molar-refractivity contribution is 5.80. The highest BCUT2D eigenvalue weighted by Crippen LogP contribution is 2.24. The fourth-order valence-corrected chi connectivity index (χ4v) is 2.75. The standard InChI is InChI=1S/C13H17N3O/c1-14(2)10-7-9-5-4-6-11-12(9)16(8-10)13(17)15(11)3/h4-6,10H,7-8H2,1-3H3. The third kappa shape index (κ3) is 1.37. The van der Waals surface area contributed by atoms with E-state index >= 15 is 0 Å². The fourth-order valence-electron chi connectivity index (χ4n) is 2.75. The van der Waals surface area contributed by atoms with Crippen molar-refractivity contribution in [1.82, 2.24) is 14.0 Å². The lowest BCUT2D eigenvalue weighted by Gasteiger charge is -2.28. The maximum Gasteiger partial charge on any atom is 0.328 e. The molecule has 17 heavy (non-hydrogen) atoms. The summed E-state index contributed by atoms with van der Waals surface area (Å²) in [4.78, 5) is 14.4. The predicted molar refractivity (Wildman–Crippen MR) is 68.4 cm³/mol. The number of aryl methyl sites for hydroxylation is 1. The van der Waals surface area contributed by atoms with E-state index in [4.69, 9.17) is 0 Å². The molecule has 3 rings (SSSR count). The van der Waals surface area contributed by atoms with Gasteiger partial charge in [0.15, 0.2) is 0 Å². The van der Waals surface area contributed by atoms with Gasteiger partial charge in [-0.2, -0.15) is 0 Å². The van der Waals surface area contributed by atoms with Gasteiger partial charge in [-0.3, -0.25) is 9.13 Å². The van der Waals surface area contributed by atoms with E-state index < -0.39 is 0 Å². The van der Waals surface area contributed by atoms with E-state index in [1.54, 1.807) is 4.57 Å². The minimum atomic E-state index is 0.0963. The first-order valence-corrected chi connectivity index (χ1v) is 5.93. The Kier molecular flexibility index (Phi) is 2.16. The van der Waals surface area contributed by atoms with E-state index in [2.05, 4.69) is 25.1 Å². The molecule has 0 aliphatic carbocycles. The quantitative estimate of drug-likeness (QED) is 0.727. The number of benzene rings is 1. The van der Waals surface area contributed by atoms with Crippen LogP contribution in [0.25, 0.3) is 11.0 Å². The Morgan fingerprint density at radius 3 is 2.82 bits per heavy atom. The molecule has 0 saturated heterocycles. The van der Waals surface area contributed by atoms with Crippen molar-refractivity contribution in [2.24, 2.45) is 7.05 Å². The number of para-hydroxylation sites is 1. The van der Waals surface area contributed by atoms with Crippen LogP contribution in [-0.2, 0) is 20.0 Å². The Balaban J connectivity index is 2.31. The van der Waals surface area contributed by atoms with Crippen LogP contribution in [0.4, 0.5) is 0 Å². The van der Waals surface area contributed by atoms with Gasteiger partial charge in [0.1, 0.15) is 0 Å². The minimum absolute atomic E-state index is 0.0963. The summed E-state index contributed by atoms with van der Waals surface area (Å²) in [7, 11) is 5.99. The van der Waals surface area contributed by atoms with Crippen molar-refractivity contribution in [2.45, 2.75) is 19.0 Å². The molecule has 4 heteroatoms. The van der Waals surface area contributed by atoms with E-state index in [-0.39, 0.29) is 5.69 Å². The summed E-state index contributed by atoms with van der Waals surface area (Å²) in [6.45, 7) is 0.792. The molecule has 90 valence electrons. The number of hydrogen-bond donors (Lipinski definition) is 0. The van der Waals surface area contributed by atoms with Crippen molar-refractivity contribution in [3.63, 3.8) is 0 Å². The maximum absolute atomic E-state index is 12.2. The second-order valence-corrected chi connectivity index (χ2v) is 5.06. The Morgan fingerprint density at radius 2 is 2.12 bits per heavy atom. The Bertz CT molecular complexity index is 636. The molecule has 1 aliphatic heterocycles. The van der Waals surface area contributed by atoms with E-state index in [1.165, 1.54) is 5.56 Å². The number of nitrogens with zero attached hydrogens (tertiary/aromatic N) is 3. The minimum Gasteiger partial charge on any atom is -0.304 e. The van der Waals surface area contributed by atoms with Gasteiger partial charge < -0.3 is 4.90 Å². The fraction of sp³-hybridized carbons (Fsp3) is 0.462. The number of aromatic nitrogens is 2. The smallest absolute Gasteiger partial charge is 0.304 e. The molecule has 0 bridgehead atoms. The molecule has 0 radical (unpaired) electrons. The van der Waals surface area contributed by atoms with Gasteiger partial charge in [0.25, 0.3) is 0 Å². The van der Waals surface area contributed by atoms with Crippen LogP contribution < -0.4 is 5.69 Å². The van der Waals surface area contributed by atoms with Crippen LogP contribution in [-0.4, -0.2) is 34.2 Å². The first-order chi connectivity index (χ1) is 8.09. The van der Waals surface area contributed by atoms with E-state index in [1.807, 2.05) is 23.7 Å². The average molecular weight is 231 g/mol. The molecule has 0 saturated carbocycles. The molecular weight excluding hydrogens is 214 g/mol. The van der Waals surface area contributed by atoms with Crippen molar-refractivity contribution >= 4 is 11.0 Å². The van der Waals surface area contributed by atoms with E-state index in [9.17, 15) is 4.79 Å². The monoisotopic (exact) mass is 231 g/mol. The molecule has 0 fully saturated rings. The van der Waals surface area contributed by atoms with Crippen molar-refractivity contribution in [3.8, 4) is 0 Å². The van der Waals surface area contributed by atoms with Gasteiger partial charge in [-0.05, 0) is 32.1 Å². The maximum atomic E-state index is 12.2. The van der Waals surface area contributed by atoms with Gasteiger partial charge in [0.05, 0.1) is 11.0 Å². The molecule has 1 aromatic carbocycles. The topological polar surface area (TPSA) is 30.2 Å². The molecule has 2 aromatic rings. The van der Waals surface area contributed by atoms with Gasteiger partial charge >= 0.3 is 5.69 Å². The summed E-state index contributed by atoms with van der Waals surface area (Å²) < 4.78 is 3.66. The van der Waals surface area contributed by atoms with Gasteiger partial charge in [0, 0.05) is 19.6 Å². The third-order valence-electron chi connectivity index (χ3n) is 3.83. The number of hydrogen-bond acceptors (Lipinski definition) is 2. The van der Waals surface area contributed by atoms with Crippen molar-refractivity contribution in [2.75, 3.05) is 14.1 Å². The highest BCUT2D eigenvalue weighted by Gasteiger charge is 2.25. The molecule has 1 atom stereocenters. The summed E-state index contributed by atoms with van der Waals surface area (Å²) in [6, 6.07) is 6.60. The van der Waals surface area contributed by atoms with Crippen LogP contribution in [0.1, 0.15) is 5.56 Å².